The van der Waals surface area contributed by atoms with Gasteiger partial charge in [0.1, 0.15) is 0 Å². The monoisotopic (exact) mass is 198 g/mol. The third-order valence-corrected chi connectivity index (χ3v) is 1.80. The quantitative estimate of drug-likeness (QED) is 0.735. The molecule has 1 rings (SSSR count). The maximum atomic E-state index is 12.9. The number of benzene rings is 1. The molecule has 0 aromatic heterocycles. The maximum Gasteiger partial charge on any atom is 0.165 e. The SMILES string of the molecule is COc1cc(C=CCS)ccc1F. The van der Waals surface area contributed by atoms with E-state index in [-0.39, 0.29) is 11.6 Å². The van der Waals surface area contributed by atoms with Gasteiger partial charge in [0, 0.05) is 5.75 Å². The molecule has 0 saturated heterocycles. The summed E-state index contributed by atoms with van der Waals surface area (Å²) in [5.41, 5.74) is 0.910. The molecule has 3 heteroatoms. The molecule has 13 heavy (non-hydrogen) atoms. The Morgan fingerprint density at radius 1 is 1.54 bits per heavy atom. The highest BCUT2D eigenvalue weighted by molar-refractivity contribution is 7.80. The Kier molecular flexibility index (Phi) is 3.83. The molecule has 0 bridgehead atoms. The van der Waals surface area contributed by atoms with Crippen molar-refractivity contribution in [1.29, 1.82) is 0 Å². The Balaban J connectivity index is 2.92. The molecule has 1 aromatic carbocycles. The van der Waals surface area contributed by atoms with Crippen molar-refractivity contribution >= 4 is 18.7 Å². The largest absolute Gasteiger partial charge is 0.494 e. The van der Waals surface area contributed by atoms with Gasteiger partial charge in [-0.3, -0.25) is 0 Å². The van der Waals surface area contributed by atoms with Crippen molar-refractivity contribution in [3.63, 3.8) is 0 Å². The summed E-state index contributed by atoms with van der Waals surface area (Å²) in [6.07, 6.45) is 3.75. The van der Waals surface area contributed by atoms with Crippen LogP contribution in [0.2, 0.25) is 0 Å². The Morgan fingerprint density at radius 2 is 2.31 bits per heavy atom. The average molecular weight is 198 g/mol. The molecule has 0 radical (unpaired) electrons. The smallest absolute Gasteiger partial charge is 0.165 e. The summed E-state index contributed by atoms with van der Waals surface area (Å²) >= 11 is 4.03. The summed E-state index contributed by atoms with van der Waals surface area (Å²) in [6, 6.07) is 4.73. The van der Waals surface area contributed by atoms with E-state index in [9.17, 15) is 4.39 Å². The molecule has 0 N–H and O–H groups in total. The van der Waals surface area contributed by atoms with Gasteiger partial charge in [0.05, 0.1) is 7.11 Å². The molecule has 0 aliphatic rings. The zero-order valence-electron chi connectivity index (χ0n) is 7.33. The lowest BCUT2D eigenvalue weighted by Gasteiger charge is -2.01. The first-order valence-electron chi connectivity index (χ1n) is 3.89. The second-order valence-electron chi connectivity index (χ2n) is 2.48. The number of hydrogen-bond acceptors (Lipinski definition) is 2. The molecule has 0 unspecified atom stereocenters. The van der Waals surface area contributed by atoms with E-state index < -0.39 is 0 Å². The number of thiol groups is 1. The van der Waals surface area contributed by atoms with Crippen LogP contribution < -0.4 is 4.74 Å². The number of methoxy groups -OCH3 is 1. The molecule has 1 aromatic rings. The second-order valence-corrected chi connectivity index (χ2v) is 2.84. The van der Waals surface area contributed by atoms with Crippen molar-refractivity contribution in [2.45, 2.75) is 0 Å². The second kappa shape index (κ2) is 4.92. The lowest BCUT2D eigenvalue weighted by Crippen LogP contribution is -1.87. The van der Waals surface area contributed by atoms with Crippen LogP contribution in [-0.2, 0) is 0 Å². The van der Waals surface area contributed by atoms with E-state index in [4.69, 9.17) is 4.74 Å². The highest BCUT2D eigenvalue weighted by Crippen LogP contribution is 2.18. The van der Waals surface area contributed by atoms with Crippen molar-refractivity contribution in [1.82, 2.24) is 0 Å². The first kappa shape index (κ1) is 10.1. The van der Waals surface area contributed by atoms with Crippen LogP contribution in [0.4, 0.5) is 4.39 Å². The molecule has 0 atom stereocenters. The molecular formula is C10H11FOS. The Labute approximate surface area is 82.6 Å². The topological polar surface area (TPSA) is 9.23 Å². The van der Waals surface area contributed by atoms with Crippen molar-refractivity contribution < 1.29 is 9.13 Å². The zero-order chi connectivity index (χ0) is 9.68. The fourth-order valence-electron chi connectivity index (χ4n) is 0.969. The third-order valence-electron chi connectivity index (χ3n) is 1.59. The number of halogens is 1. The minimum absolute atomic E-state index is 0.265. The molecule has 1 nitrogen and oxygen atoms in total. The van der Waals surface area contributed by atoms with Crippen molar-refractivity contribution in [2.24, 2.45) is 0 Å². The molecule has 0 spiro atoms. The molecule has 0 aliphatic heterocycles. The van der Waals surface area contributed by atoms with Crippen LogP contribution in [-0.4, -0.2) is 12.9 Å². The summed E-state index contributed by atoms with van der Waals surface area (Å²) in [5, 5.41) is 0. The number of rotatable bonds is 3. The predicted molar refractivity (Wildman–Crippen MR) is 55.8 cm³/mol. The lowest BCUT2D eigenvalue weighted by molar-refractivity contribution is 0.386. The van der Waals surface area contributed by atoms with Crippen molar-refractivity contribution in [2.75, 3.05) is 12.9 Å². The first-order valence-corrected chi connectivity index (χ1v) is 4.52. The number of hydrogen-bond donors (Lipinski definition) is 1. The summed E-state index contributed by atoms with van der Waals surface area (Å²) in [4.78, 5) is 0. The van der Waals surface area contributed by atoms with E-state index in [2.05, 4.69) is 12.6 Å². The van der Waals surface area contributed by atoms with Gasteiger partial charge in [-0.15, -0.1) is 0 Å². The van der Waals surface area contributed by atoms with Gasteiger partial charge >= 0.3 is 0 Å². The van der Waals surface area contributed by atoms with Crippen LogP contribution in [0.5, 0.6) is 5.75 Å². The minimum Gasteiger partial charge on any atom is -0.494 e. The van der Waals surface area contributed by atoms with E-state index in [0.717, 1.165) is 5.56 Å². The predicted octanol–water partition coefficient (Wildman–Crippen LogP) is 2.78. The van der Waals surface area contributed by atoms with Crippen molar-refractivity contribution in [3.8, 4) is 5.75 Å². The van der Waals surface area contributed by atoms with Crippen molar-refractivity contribution in [3.05, 3.63) is 35.7 Å². The van der Waals surface area contributed by atoms with E-state index in [1.54, 1.807) is 12.1 Å². The number of ether oxygens (including phenoxy) is 1. The minimum atomic E-state index is -0.342. The van der Waals surface area contributed by atoms with Crippen LogP contribution >= 0.6 is 12.6 Å². The van der Waals surface area contributed by atoms with Gasteiger partial charge < -0.3 is 4.74 Å². The Hall–Kier alpha value is -0.960. The van der Waals surface area contributed by atoms with Gasteiger partial charge in [-0.2, -0.15) is 12.6 Å². The molecule has 0 saturated carbocycles. The zero-order valence-corrected chi connectivity index (χ0v) is 8.22. The summed E-state index contributed by atoms with van der Waals surface area (Å²) in [6.45, 7) is 0. The van der Waals surface area contributed by atoms with Crippen LogP contribution in [0.15, 0.2) is 24.3 Å². The summed E-state index contributed by atoms with van der Waals surface area (Å²) in [5.74, 6) is 0.589. The summed E-state index contributed by atoms with van der Waals surface area (Å²) in [7, 11) is 1.45. The van der Waals surface area contributed by atoms with Gasteiger partial charge in [-0.05, 0) is 17.7 Å². The van der Waals surface area contributed by atoms with Crippen LogP contribution in [0, 0.1) is 5.82 Å². The average Bonchev–Trinajstić information content (AvgIpc) is 2.16. The van der Waals surface area contributed by atoms with E-state index in [1.807, 2.05) is 12.2 Å². The normalized spacial score (nSPS) is 10.7. The van der Waals surface area contributed by atoms with Crippen LogP contribution in [0.1, 0.15) is 5.56 Å². The van der Waals surface area contributed by atoms with Crippen LogP contribution in [0.3, 0.4) is 0 Å². The van der Waals surface area contributed by atoms with Gasteiger partial charge in [0.15, 0.2) is 11.6 Å². The standard InChI is InChI=1S/C10H11FOS/c1-12-10-7-8(3-2-6-13)4-5-9(10)11/h2-5,7,13H,6H2,1H3. The molecule has 0 fully saturated rings. The molecule has 0 heterocycles. The van der Waals surface area contributed by atoms with E-state index in [0.29, 0.717) is 5.75 Å². The van der Waals surface area contributed by atoms with Gasteiger partial charge in [-0.25, -0.2) is 4.39 Å². The van der Waals surface area contributed by atoms with Gasteiger partial charge in [0.25, 0.3) is 0 Å². The molecular weight excluding hydrogens is 187 g/mol. The highest BCUT2D eigenvalue weighted by atomic mass is 32.1. The molecule has 0 aliphatic carbocycles. The van der Waals surface area contributed by atoms with E-state index in [1.165, 1.54) is 13.2 Å². The third kappa shape index (κ3) is 2.77. The molecule has 70 valence electrons. The lowest BCUT2D eigenvalue weighted by atomic mass is 10.2. The Bertz CT molecular complexity index is 310. The fourth-order valence-corrected chi connectivity index (χ4v) is 1.07. The molecule has 0 amide bonds. The Morgan fingerprint density at radius 3 is 2.92 bits per heavy atom. The van der Waals surface area contributed by atoms with Gasteiger partial charge in [0.2, 0.25) is 0 Å². The van der Waals surface area contributed by atoms with Gasteiger partial charge in [-0.1, -0.05) is 18.2 Å². The fraction of sp³-hybridized carbons (Fsp3) is 0.200. The summed E-state index contributed by atoms with van der Waals surface area (Å²) < 4.78 is 17.8. The van der Waals surface area contributed by atoms with E-state index >= 15 is 0 Å². The highest BCUT2D eigenvalue weighted by Gasteiger charge is 2.00. The van der Waals surface area contributed by atoms with Crippen LogP contribution in [0.25, 0.3) is 6.08 Å². The first-order chi connectivity index (χ1) is 6.27. The maximum absolute atomic E-state index is 12.9.